The van der Waals surface area contributed by atoms with Crippen LogP contribution in [0, 0.1) is 5.92 Å². The predicted molar refractivity (Wildman–Crippen MR) is 44.1 cm³/mol. The van der Waals surface area contributed by atoms with E-state index >= 15 is 0 Å². The van der Waals surface area contributed by atoms with Gasteiger partial charge in [0.1, 0.15) is 12.2 Å². The number of rotatable bonds is 1. The van der Waals surface area contributed by atoms with Crippen molar-refractivity contribution in [3.63, 3.8) is 0 Å². The zero-order chi connectivity index (χ0) is 9.26. The second-order valence-electron chi connectivity index (χ2n) is 3.30. The molecule has 13 heavy (non-hydrogen) atoms. The number of carbonyl (C=O) groups is 1. The van der Waals surface area contributed by atoms with Gasteiger partial charge < -0.3 is 9.67 Å². The molecule has 1 N–H and O–H groups in total. The molecule has 0 fully saturated rings. The maximum atomic E-state index is 10.7. The van der Waals surface area contributed by atoms with Crippen LogP contribution in [0.1, 0.15) is 18.7 Å². The summed E-state index contributed by atoms with van der Waals surface area (Å²) in [7, 11) is 0. The lowest BCUT2D eigenvalue weighted by Crippen LogP contribution is -2.14. The molecule has 5 heteroatoms. The van der Waals surface area contributed by atoms with Gasteiger partial charge >= 0.3 is 5.97 Å². The van der Waals surface area contributed by atoms with Crippen molar-refractivity contribution in [1.29, 1.82) is 0 Å². The topological polar surface area (TPSA) is 68.0 Å². The van der Waals surface area contributed by atoms with Crippen LogP contribution in [0.25, 0.3) is 0 Å². The van der Waals surface area contributed by atoms with E-state index in [0.29, 0.717) is 12.8 Å². The normalized spacial score (nSPS) is 22.0. The molecular weight excluding hydrogens is 170 g/mol. The number of hydrogen-bond acceptors (Lipinski definition) is 3. The van der Waals surface area contributed by atoms with Gasteiger partial charge in [0.15, 0.2) is 0 Å². The van der Waals surface area contributed by atoms with Gasteiger partial charge in [-0.15, -0.1) is 10.2 Å². The first-order chi connectivity index (χ1) is 6.27. The molecule has 2 rings (SSSR count). The summed E-state index contributed by atoms with van der Waals surface area (Å²) in [6, 6.07) is 0. The zero-order valence-corrected chi connectivity index (χ0v) is 7.18. The fraction of sp³-hybridized carbons (Fsp3) is 0.625. The lowest BCUT2D eigenvalue weighted by molar-refractivity contribution is -0.142. The number of hydrogen-bond donors (Lipinski definition) is 1. The molecule has 2 heterocycles. The summed E-state index contributed by atoms with van der Waals surface area (Å²) in [5, 5.41) is 16.5. The number of fused-ring (bicyclic) bond motifs is 1. The second-order valence-corrected chi connectivity index (χ2v) is 3.30. The Labute approximate surface area is 75.4 Å². The van der Waals surface area contributed by atoms with Crippen LogP contribution >= 0.6 is 0 Å². The van der Waals surface area contributed by atoms with Gasteiger partial charge in [0, 0.05) is 13.0 Å². The Morgan fingerprint density at radius 2 is 2.46 bits per heavy atom. The van der Waals surface area contributed by atoms with Gasteiger partial charge in [-0.2, -0.15) is 0 Å². The van der Waals surface area contributed by atoms with E-state index in [9.17, 15) is 4.79 Å². The van der Waals surface area contributed by atoms with Crippen LogP contribution in [0.3, 0.4) is 0 Å². The van der Waals surface area contributed by atoms with E-state index in [1.165, 1.54) is 0 Å². The molecule has 0 radical (unpaired) electrons. The van der Waals surface area contributed by atoms with E-state index in [0.717, 1.165) is 18.8 Å². The summed E-state index contributed by atoms with van der Waals surface area (Å²) in [6.07, 6.45) is 3.74. The Balaban J connectivity index is 2.12. The van der Waals surface area contributed by atoms with Crippen molar-refractivity contribution >= 4 is 5.97 Å². The minimum Gasteiger partial charge on any atom is -0.481 e. The summed E-state index contributed by atoms with van der Waals surface area (Å²) in [5.74, 6) is -0.0100. The number of aryl methyl sites for hydroxylation is 2. The lowest BCUT2D eigenvalue weighted by Gasteiger charge is -2.05. The van der Waals surface area contributed by atoms with E-state index in [2.05, 4.69) is 10.2 Å². The van der Waals surface area contributed by atoms with Crippen LogP contribution in [0.15, 0.2) is 6.33 Å². The van der Waals surface area contributed by atoms with Crippen LogP contribution in [-0.4, -0.2) is 25.8 Å². The van der Waals surface area contributed by atoms with Crippen molar-refractivity contribution < 1.29 is 9.90 Å². The number of carboxylic acid groups (broad SMARTS) is 1. The fourth-order valence-electron chi connectivity index (χ4n) is 1.65. The molecule has 1 aliphatic rings. The van der Waals surface area contributed by atoms with Gasteiger partial charge in [-0.1, -0.05) is 0 Å². The van der Waals surface area contributed by atoms with Crippen molar-refractivity contribution in [2.24, 2.45) is 5.92 Å². The molecule has 0 amide bonds. The van der Waals surface area contributed by atoms with Crippen LogP contribution in [0.4, 0.5) is 0 Å². The molecule has 0 unspecified atom stereocenters. The number of aromatic nitrogens is 3. The monoisotopic (exact) mass is 181 g/mol. The minimum absolute atomic E-state index is 0.221. The molecule has 5 nitrogen and oxygen atoms in total. The highest BCUT2D eigenvalue weighted by Crippen LogP contribution is 2.18. The molecule has 0 saturated heterocycles. The second kappa shape index (κ2) is 3.16. The van der Waals surface area contributed by atoms with E-state index in [1.807, 2.05) is 4.57 Å². The first-order valence-corrected chi connectivity index (χ1v) is 4.37. The Morgan fingerprint density at radius 3 is 3.23 bits per heavy atom. The van der Waals surface area contributed by atoms with Gasteiger partial charge in [0.25, 0.3) is 0 Å². The molecule has 1 aliphatic heterocycles. The number of aliphatic carboxylic acids is 1. The average Bonchev–Trinajstić information content (AvgIpc) is 2.44. The molecule has 1 aromatic rings. The summed E-state index contributed by atoms with van der Waals surface area (Å²) >= 11 is 0. The van der Waals surface area contributed by atoms with Crippen molar-refractivity contribution in [1.82, 2.24) is 14.8 Å². The first kappa shape index (κ1) is 8.22. The molecule has 0 aliphatic carbocycles. The van der Waals surface area contributed by atoms with E-state index in [1.54, 1.807) is 6.33 Å². The fourth-order valence-corrected chi connectivity index (χ4v) is 1.65. The Kier molecular flexibility index (Phi) is 2.00. The smallest absolute Gasteiger partial charge is 0.306 e. The van der Waals surface area contributed by atoms with E-state index in [4.69, 9.17) is 5.11 Å². The molecule has 1 aromatic heterocycles. The van der Waals surface area contributed by atoms with E-state index in [-0.39, 0.29) is 5.92 Å². The molecule has 0 saturated carbocycles. The highest BCUT2D eigenvalue weighted by molar-refractivity contribution is 5.69. The Bertz CT molecular complexity index is 298. The van der Waals surface area contributed by atoms with Gasteiger partial charge in [0.2, 0.25) is 0 Å². The zero-order valence-electron chi connectivity index (χ0n) is 7.18. The predicted octanol–water partition coefficient (Wildman–Crippen LogP) is 0.315. The maximum absolute atomic E-state index is 10.7. The SMILES string of the molecule is O=C(O)[C@@H]1CCc2nncn2CC1. The van der Waals surface area contributed by atoms with Crippen LogP contribution in [-0.2, 0) is 17.8 Å². The van der Waals surface area contributed by atoms with Gasteiger partial charge in [-0.3, -0.25) is 4.79 Å². The Hall–Kier alpha value is -1.39. The minimum atomic E-state index is -0.696. The molecule has 0 spiro atoms. The highest BCUT2D eigenvalue weighted by Gasteiger charge is 2.22. The van der Waals surface area contributed by atoms with Crippen molar-refractivity contribution in [2.45, 2.75) is 25.8 Å². The number of carboxylic acids is 1. The van der Waals surface area contributed by atoms with E-state index < -0.39 is 5.97 Å². The quantitative estimate of drug-likeness (QED) is 0.677. The van der Waals surface area contributed by atoms with Gasteiger partial charge in [-0.25, -0.2) is 0 Å². The van der Waals surface area contributed by atoms with Gasteiger partial charge in [-0.05, 0) is 12.8 Å². The van der Waals surface area contributed by atoms with Crippen LogP contribution in [0.5, 0.6) is 0 Å². The van der Waals surface area contributed by atoms with Crippen molar-refractivity contribution in [2.75, 3.05) is 0 Å². The maximum Gasteiger partial charge on any atom is 0.306 e. The largest absolute Gasteiger partial charge is 0.481 e. The molecule has 0 bridgehead atoms. The van der Waals surface area contributed by atoms with Crippen LogP contribution in [0.2, 0.25) is 0 Å². The summed E-state index contributed by atoms with van der Waals surface area (Å²) in [5.41, 5.74) is 0. The summed E-state index contributed by atoms with van der Waals surface area (Å²) < 4.78 is 1.93. The van der Waals surface area contributed by atoms with Crippen LogP contribution < -0.4 is 0 Å². The number of nitrogens with zero attached hydrogens (tertiary/aromatic N) is 3. The third-order valence-corrected chi connectivity index (χ3v) is 2.48. The molecule has 0 aromatic carbocycles. The standard InChI is InChI=1S/C8H11N3O2/c12-8(13)6-1-2-7-10-9-5-11(7)4-3-6/h5-6H,1-4H2,(H,12,13)/t6-/m1/s1. The van der Waals surface area contributed by atoms with Crippen molar-refractivity contribution in [3.8, 4) is 0 Å². The molecular formula is C8H11N3O2. The third kappa shape index (κ3) is 1.54. The highest BCUT2D eigenvalue weighted by atomic mass is 16.4. The summed E-state index contributed by atoms with van der Waals surface area (Å²) in [4.78, 5) is 10.7. The lowest BCUT2D eigenvalue weighted by atomic mass is 10.0. The Morgan fingerprint density at radius 1 is 1.62 bits per heavy atom. The average molecular weight is 181 g/mol. The molecule has 70 valence electrons. The third-order valence-electron chi connectivity index (χ3n) is 2.48. The molecule has 1 atom stereocenters. The van der Waals surface area contributed by atoms with Gasteiger partial charge in [0.05, 0.1) is 5.92 Å². The summed E-state index contributed by atoms with van der Waals surface area (Å²) in [6.45, 7) is 0.722. The van der Waals surface area contributed by atoms with Crippen molar-refractivity contribution in [3.05, 3.63) is 12.2 Å². The first-order valence-electron chi connectivity index (χ1n) is 4.37.